The number of fused-ring (bicyclic) bond motifs is 1. The number of piperidine rings is 1. The molecule has 1 saturated heterocycles. The van der Waals surface area contributed by atoms with Crippen LogP contribution in [0.1, 0.15) is 33.1 Å². The molecule has 1 heterocycles. The van der Waals surface area contributed by atoms with E-state index in [4.69, 9.17) is 0 Å². The monoisotopic (exact) mass is 183 g/mol. The van der Waals surface area contributed by atoms with Crippen molar-refractivity contribution in [3.63, 3.8) is 0 Å². The molecule has 0 spiro atoms. The highest BCUT2D eigenvalue weighted by Crippen LogP contribution is 2.46. The summed E-state index contributed by atoms with van der Waals surface area (Å²) in [5.41, 5.74) is 0.455. The first-order valence-corrected chi connectivity index (χ1v) is 5.52. The van der Waals surface area contributed by atoms with Crippen molar-refractivity contribution in [2.75, 3.05) is 13.1 Å². The second-order valence-corrected chi connectivity index (χ2v) is 5.19. The van der Waals surface area contributed by atoms with Crippen LogP contribution in [0.3, 0.4) is 0 Å². The van der Waals surface area contributed by atoms with Crippen LogP contribution in [0.25, 0.3) is 0 Å². The lowest BCUT2D eigenvalue weighted by Gasteiger charge is -2.50. The smallest absolute Gasteiger partial charge is 0.0568 e. The van der Waals surface area contributed by atoms with Gasteiger partial charge in [0.05, 0.1) is 6.10 Å². The third-order valence-electron chi connectivity index (χ3n) is 4.31. The van der Waals surface area contributed by atoms with E-state index in [1.54, 1.807) is 0 Å². The molecular formula is C11H21NO. The van der Waals surface area contributed by atoms with E-state index in [9.17, 15) is 5.11 Å². The zero-order valence-corrected chi connectivity index (χ0v) is 8.71. The van der Waals surface area contributed by atoms with Crippen molar-refractivity contribution >= 4 is 0 Å². The summed E-state index contributed by atoms with van der Waals surface area (Å²) in [6.45, 7) is 6.89. The SMILES string of the molecule is C[C@H]1[C@H](O)CC[C@@]2(C)CNCC[C@H]12. The van der Waals surface area contributed by atoms with E-state index >= 15 is 0 Å². The number of aliphatic hydroxyl groups excluding tert-OH is 1. The van der Waals surface area contributed by atoms with Crippen molar-refractivity contribution < 1.29 is 5.11 Å². The minimum atomic E-state index is -0.0452. The molecule has 76 valence electrons. The van der Waals surface area contributed by atoms with Gasteiger partial charge in [0.1, 0.15) is 0 Å². The van der Waals surface area contributed by atoms with Crippen molar-refractivity contribution in [1.82, 2.24) is 5.32 Å². The quantitative estimate of drug-likeness (QED) is 0.595. The van der Waals surface area contributed by atoms with Crippen LogP contribution >= 0.6 is 0 Å². The Morgan fingerprint density at radius 1 is 1.38 bits per heavy atom. The third-order valence-corrected chi connectivity index (χ3v) is 4.31. The van der Waals surface area contributed by atoms with Gasteiger partial charge >= 0.3 is 0 Å². The van der Waals surface area contributed by atoms with Crippen molar-refractivity contribution in [1.29, 1.82) is 0 Å². The van der Waals surface area contributed by atoms with Gasteiger partial charge in [-0.05, 0) is 43.1 Å². The van der Waals surface area contributed by atoms with Crippen molar-refractivity contribution in [3.8, 4) is 0 Å². The minimum Gasteiger partial charge on any atom is -0.393 e. The fraction of sp³-hybridized carbons (Fsp3) is 1.00. The molecular weight excluding hydrogens is 162 g/mol. The van der Waals surface area contributed by atoms with E-state index in [1.807, 2.05) is 0 Å². The molecule has 4 atom stereocenters. The first-order chi connectivity index (χ1) is 6.13. The average Bonchev–Trinajstić information content (AvgIpc) is 2.12. The fourth-order valence-corrected chi connectivity index (χ4v) is 3.29. The van der Waals surface area contributed by atoms with Crippen molar-refractivity contribution in [2.45, 2.75) is 39.2 Å². The predicted molar refractivity (Wildman–Crippen MR) is 53.5 cm³/mol. The summed E-state index contributed by atoms with van der Waals surface area (Å²) >= 11 is 0. The van der Waals surface area contributed by atoms with Gasteiger partial charge in [-0.15, -0.1) is 0 Å². The van der Waals surface area contributed by atoms with Gasteiger partial charge in [-0.2, -0.15) is 0 Å². The molecule has 1 saturated carbocycles. The first-order valence-electron chi connectivity index (χ1n) is 5.52. The van der Waals surface area contributed by atoms with Crippen LogP contribution in [0.15, 0.2) is 0 Å². The van der Waals surface area contributed by atoms with Gasteiger partial charge in [-0.25, -0.2) is 0 Å². The van der Waals surface area contributed by atoms with Gasteiger partial charge in [0.15, 0.2) is 0 Å². The molecule has 2 fully saturated rings. The molecule has 13 heavy (non-hydrogen) atoms. The van der Waals surface area contributed by atoms with Crippen LogP contribution in [0.2, 0.25) is 0 Å². The van der Waals surface area contributed by atoms with E-state index in [0.717, 1.165) is 25.4 Å². The molecule has 0 aromatic heterocycles. The standard InChI is InChI=1S/C11H21NO/c1-8-9-4-6-12-7-11(9,2)5-3-10(8)13/h8-10,12-13H,3-7H2,1-2H3/t8-,9-,10-,11+/m1/s1. The summed E-state index contributed by atoms with van der Waals surface area (Å²) in [5.74, 6) is 1.23. The second-order valence-electron chi connectivity index (χ2n) is 5.19. The zero-order valence-electron chi connectivity index (χ0n) is 8.71. The highest BCUT2D eigenvalue weighted by Gasteiger charge is 2.44. The summed E-state index contributed by atoms with van der Waals surface area (Å²) in [5, 5.41) is 13.3. The van der Waals surface area contributed by atoms with Crippen LogP contribution in [-0.2, 0) is 0 Å². The molecule has 0 aromatic carbocycles. The summed E-state index contributed by atoms with van der Waals surface area (Å²) in [7, 11) is 0. The molecule has 2 aliphatic rings. The lowest BCUT2D eigenvalue weighted by atomic mass is 9.59. The minimum absolute atomic E-state index is 0.0452. The Bertz CT molecular complexity index is 195. The topological polar surface area (TPSA) is 32.3 Å². The van der Waals surface area contributed by atoms with Gasteiger partial charge < -0.3 is 10.4 Å². The number of aliphatic hydroxyl groups is 1. The molecule has 2 N–H and O–H groups in total. The maximum absolute atomic E-state index is 9.81. The van der Waals surface area contributed by atoms with Gasteiger partial charge in [0, 0.05) is 6.54 Å². The molecule has 0 amide bonds. The number of hydrogen-bond donors (Lipinski definition) is 2. The lowest BCUT2D eigenvalue weighted by Crippen LogP contribution is -2.52. The molecule has 1 aliphatic carbocycles. The summed E-state index contributed by atoms with van der Waals surface area (Å²) in [6, 6.07) is 0. The highest BCUT2D eigenvalue weighted by atomic mass is 16.3. The molecule has 2 heteroatoms. The fourth-order valence-electron chi connectivity index (χ4n) is 3.29. The first kappa shape index (κ1) is 9.47. The van der Waals surface area contributed by atoms with Gasteiger partial charge in [0.25, 0.3) is 0 Å². The Morgan fingerprint density at radius 2 is 2.15 bits per heavy atom. The Hall–Kier alpha value is -0.0800. The molecule has 0 aromatic rings. The van der Waals surface area contributed by atoms with Crippen LogP contribution in [0.5, 0.6) is 0 Å². The van der Waals surface area contributed by atoms with E-state index < -0.39 is 0 Å². The van der Waals surface area contributed by atoms with Crippen LogP contribution in [0.4, 0.5) is 0 Å². The van der Waals surface area contributed by atoms with Crippen molar-refractivity contribution in [3.05, 3.63) is 0 Å². The van der Waals surface area contributed by atoms with E-state index in [-0.39, 0.29) is 6.10 Å². The van der Waals surface area contributed by atoms with Gasteiger partial charge in [-0.3, -0.25) is 0 Å². The average molecular weight is 183 g/mol. The Labute approximate surface area is 80.7 Å². The Morgan fingerprint density at radius 3 is 2.92 bits per heavy atom. The van der Waals surface area contributed by atoms with E-state index in [1.165, 1.54) is 12.8 Å². The summed E-state index contributed by atoms with van der Waals surface area (Å²) < 4.78 is 0. The number of nitrogens with one attached hydrogen (secondary N) is 1. The van der Waals surface area contributed by atoms with Crippen LogP contribution in [-0.4, -0.2) is 24.3 Å². The summed E-state index contributed by atoms with van der Waals surface area (Å²) in [6.07, 6.45) is 3.39. The highest BCUT2D eigenvalue weighted by molar-refractivity contribution is 4.96. The zero-order chi connectivity index (χ0) is 9.47. The number of hydrogen-bond acceptors (Lipinski definition) is 2. The normalized spacial score (nSPS) is 51.5. The van der Waals surface area contributed by atoms with E-state index in [0.29, 0.717) is 11.3 Å². The molecule has 2 nitrogen and oxygen atoms in total. The summed E-state index contributed by atoms with van der Waals surface area (Å²) in [4.78, 5) is 0. The van der Waals surface area contributed by atoms with Gasteiger partial charge in [0.2, 0.25) is 0 Å². The van der Waals surface area contributed by atoms with E-state index in [2.05, 4.69) is 19.2 Å². The maximum Gasteiger partial charge on any atom is 0.0568 e. The largest absolute Gasteiger partial charge is 0.393 e. The molecule has 0 bridgehead atoms. The Kier molecular flexibility index (Phi) is 2.37. The van der Waals surface area contributed by atoms with Gasteiger partial charge in [-0.1, -0.05) is 13.8 Å². The van der Waals surface area contributed by atoms with Crippen LogP contribution in [0, 0.1) is 17.3 Å². The molecule has 0 unspecified atom stereocenters. The van der Waals surface area contributed by atoms with Crippen LogP contribution < -0.4 is 5.32 Å². The maximum atomic E-state index is 9.81. The Balaban J connectivity index is 2.15. The van der Waals surface area contributed by atoms with Crippen molar-refractivity contribution in [2.24, 2.45) is 17.3 Å². The third kappa shape index (κ3) is 1.50. The lowest BCUT2D eigenvalue weighted by molar-refractivity contribution is -0.0473. The molecule has 2 rings (SSSR count). The predicted octanol–water partition coefficient (Wildman–Crippen LogP) is 1.39. The molecule has 0 radical (unpaired) electrons. The molecule has 1 aliphatic heterocycles. The number of rotatable bonds is 0. The second kappa shape index (κ2) is 3.25.